The van der Waals surface area contributed by atoms with Crippen LogP contribution < -0.4 is 9.62 Å². The number of nitrogens with one attached hydrogen (secondary N) is 1. The minimum Gasteiger partial charge on any atom is -0.374 e. The molecular formula is C14H22N2O2S. The summed E-state index contributed by atoms with van der Waals surface area (Å²) in [7, 11) is -1.13. The maximum atomic E-state index is 12.0. The van der Waals surface area contributed by atoms with E-state index in [1.165, 1.54) is 0 Å². The van der Waals surface area contributed by atoms with E-state index < -0.39 is 10.0 Å². The van der Waals surface area contributed by atoms with Gasteiger partial charge in [-0.25, -0.2) is 13.1 Å². The maximum absolute atomic E-state index is 12.0. The van der Waals surface area contributed by atoms with Crippen LogP contribution in [0.5, 0.6) is 0 Å². The average molecular weight is 282 g/mol. The van der Waals surface area contributed by atoms with Crippen LogP contribution in [0.25, 0.3) is 0 Å². The normalized spacial score (nSPS) is 19.3. The van der Waals surface area contributed by atoms with E-state index in [2.05, 4.69) is 9.62 Å². The minimum absolute atomic E-state index is 0.0887. The fraction of sp³-hybridized carbons (Fsp3) is 0.571. The smallest absolute Gasteiger partial charge is 0.212 e. The fourth-order valence-corrected chi connectivity index (χ4v) is 3.93. The van der Waals surface area contributed by atoms with E-state index in [-0.39, 0.29) is 11.8 Å². The van der Waals surface area contributed by atoms with Gasteiger partial charge in [0.1, 0.15) is 0 Å². The zero-order valence-corrected chi connectivity index (χ0v) is 12.4. The molecular weight excluding hydrogens is 260 g/mol. The first kappa shape index (κ1) is 14.3. The van der Waals surface area contributed by atoms with Crippen LogP contribution in [0.2, 0.25) is 0 Å². The summed E-state index contributed by atoms with van der Waals surface area (Å²) in [5, 5.41) is 0. The highest BCUT2D eigenvalue weighted by Crippen LogP contribution is 2.32. The summed E-state index contributed by atoms with van der Waals surface area (Å²) in [6.45, 7) is 2.87. The van der Waals surface area contributed by atoms with Crippen LogP contribution in [0.4, 0.5) is 5.69 Å². The Morgan fingerprint density at radius 2 is 2.11 bits per heavy atom. The number of para-hydroxylation sites is 1. The van der Waals surface area contributed by atoms with E-state index in [1.807, 2.05) is 38.2 Å². The molecule has 1 aliphatic heterocycles. The average Bonchev–Trinajstić information content (AvgIpc) is 2.40. The molecule has 106 valence electrons. The van der Waals surface area contributed by atoms with Crippen molar-refractivity contribution in [3.8, 4) is 0 Å². The number of fused-ring (bicyclic) bond motifs is 1. The first-order chi connectivity index (χ1) is 9.03. The lowest BCUT2D eigenvalue weighted by Crippen LogP contribution is -2.37. The summed E-state index contributed by atoms with van der Waals surface area (Å²) in [6.07, 6.45) is 2.42. The molecule has 0 bridgehead atoms. The lowest BCUT2D eigenvalue weighted by molar-refractivity contribution is 0.527. The van der Waals surface area contributed by atoms with Crippen molar-refractivity contribution < 1.29 is 8.42 Å². The Labute approximate surface area is 115 Å². The molecule has 1 unspecified atom stereocenters. The lowest BCUT2D eigenvalue weighted by Gasteiger charge is -2.33. The van der Waals surface area contributed by atoms with Crippen LogP contribution >= 0.6 is 0 Å². The number of nitrogens with zero attached hydrogens (tertiary/aromatic N) is 1. The zero-order chi connectivity index (χ0) is 13.9. The van der Waals surface area contributed by atoms with Crippen molar-refractivity contribution in [1.29, 1.82) is 0 Å². The molecule has 0 radical (unpaired) electrons. The first-order valence-electron chi connectivity index (χ1n) is 6.83. The Balaban J connectivity index is 2.17. The number of rotatable bonds is 5. The van der Waals surface area contributed by atoms with Crippen molar-refractivity contribution in [1.82, 2.24) is 4.72 Å². The van der Waals surface area contributed by atoms with Crippen LogP contribution in [0.3, 0.4) is 0 Å². The molecule has 19 heavy (non-hydrogen) atoms. The van der Waals surface area contributed by atoms with Gasteiger partial charge >= 0.3 is 0 Å². The largest absolute Gasteiger partial charge is 0.374 e. The van der Waals surface area contributed by atoms with E-state index in [4.69, 9.17) is 0 Å². The van der Waals surface area contributed by atoms with Crippen molar-refractivity contribution >= 4 is 15.7 Å². The fourth-order valence-electron chi connectivity index (χ4n) is 2.46. The lowest BCUT2D eigenvalue weighted by atomic mass is 9.98. The molecule has 1 atom stereocenters. The van der Waals surface area contributed by atoms with Crippen LogP contribution in [0.1, 0.15) is 37.8 Å². The van der Waals surface area contributed by atoms with Gasteiger partial charge in [0.15, 0.2) is 0 Å². The standard InChI is InChI=1S/C14H22N2O2S/c1-3-4-11-19(17,18)15-13-9-10-16(2)14-8-6-5-7-12(13)14/h5-8,13,15H,3-4,9-11H2,1-2H3. The molecule has 5 heteroatoms. The zero-order valence-electron chi connectivity index (χ0n) is 11.6. The van der Waals surface area contributed by atoms with Crippen LogP contribution in [0.15, 0.2) is 24.3 Å². The highest BCUT2D eigenvalue weighted by molar-refractivity contribution is 7.89. The van der Waals surface area contributed by atoms with Crippen molar-refractivity contribution in [2.75, 3.05) is 24.2 Å². The molecule has 1 aromatic rings. The van der Waals surface area contributed by atoms with Crippen LogP contribution in [-0.4, -0.2) is 27.8 Å². The Kier molecular flexibility index (Phi) is 4.47. The molecule has 1 aromatic carbocycles. The van der Waals surface area contributed by atoms with Gasteiger partial charge in [-0.3, -0.25) is 0 Å². The summed E-state index contributed by atoms with van der Waals surface area (Å²) in [6, 6.07) is 7.92. The molecule has 0 spiro atoms. The SMILES string of the molecule is CCCCS(=O)(=O)NC1CCN(C)c2ccccc21. The number of sulfonamides is 1. The third-order valence-corrected chi connectivity index (χ3v) is 5.03. The molecule has 0 saturated carbocycles. The topological polar surface area (TPSA) is 49.4 Å². The quantitative estimate of drug-likeness (QED) is 0.901. The third kappa shape index (κ3) is 3.48. The monoisotopic (exact) mass is 282 g/mol. The number of benzene rings is 1. The van der Waals surface area contributed by atoms with E-state index >= 15 is 0 Å². The highest BCUT2D eigenvalue weighted by atomic mass is 32.2. The van der Waals surface area contributed by atoms with Gasteiger partial charge in [-0.1, -0.05) is 31.5 Å². The van der Waals surface area contributed by atoms with E-state index in [1.54, 1.807) is 0 Å². The number of anilines is 1. The Morgan fingerprint density at radius 1 is 1.37 bits per heavy atom. The number of hydrogen-bond acceptors (Lipinski definition) is 3. The van der Waals surface area contributed by atoms with E-state index in [0.717, 1.165) is 30.6 Å². The molecule has 0 aliphatic carbocycles. The second-order valence-electron chi connectivity index (χ2n) is 5.11. The molecule has 0 aromatic heterocycles. The summed E-state index contributed by atoms with van der Waals surface area (Å²) in [4.78, 5) is 2.17. The summed E-state index contributed by atoms with van der Waals surface area (Å²) >= 11 is 0. The van der Waals surface area contributed by atoms with Crippen LogP contribution in [0, 0.1) is 0 Å². The summed E-state index contributed by atoms with van der Waals surface area (Å²) in [5.41, 5.74) is 2.20. The van der Waals surface area contributed by atoms with Gasteiger partial charge in [0, 0.05) is 19.3 Å². The molecule has 2 rings (SSSR count). The van der Waals surface area contributed by atoms with Crippen molar-refractivity contribution in [3.63, 3.8) is 0 Å². The first-order valence-corrected chi connectivity index (χ1v) is 8.49. The van der Waals surface area contributed by atoms with Gasteiger partial charge in [-0.05, 0) is 24.5 Å². The van der Waals surface area contributed by atoms with Gasteiger partial charge in [-0.15, -0.1) is 0 Å². The van der Waals surface area contributed by atoms with Crippen LogP contribution in [-0.2, 0) is 10.0 Å². The van der Waals surface area contributed by atoms with Crippen molar-refractivity contribution in [3.05, 3.63) is 29.8 Å². The molecule has 1 N–H and O–H groups in total. The molecule has 1 heterocycles. The van der Waals surface area contributed by atoms with Gasteiger partial charge in [0.25, 0.3) is 0 Å². The molecule has 0 fully saturated rings. The number of hydrogen-bond donors (Lipinski definition) is 1. The third-order valence-electron chi connectivity index (χ3n) is 3.57. The van der Waals surface area contributed by atoms with Gasteiger partial charge < -0.3 is 4.90 Å². The Hall–Kier alpha value is -1.07. The van der Waals surface area contributed by atoms with Gasteiger partial charge in [-0.2, -0.15) is 0 Å². The Bertz CT molecular complexity index is 528. The van der Waals surface area contributed by atoms with E-state index in [0.29, 0.717) is 6.42 Å². The summed E-state index contributed by atoms with van der Waals surface area (Å²) < 4.78 is 26.9. The molecule has 1 aliphatic rings. The molecule has 4 nitrogen and oxygen atoms in total. The maximum Gasteiger partial charge on any atom is 0.212 e. The molecule has 0 amide bonds. The minimum atomic E-state index is -3.17. The Morgan fingerprint density at radius 3 is 2.84 bits per heavy atom. The van der Waals surface area contributed by atoms with Crippen molar-refractivity contribution in [2.24, 2.45) is 0 Å². The number of unbranched alkanes of at least 4 members (excludes halogenated alkanes) is 1. The summed E-state index contributed by atoms with van der Waals surface area (Å²) in [5.74, 6) is 0.220. The predicted molar refractivity (Wildman–Crippen MR) is 78.9 cm³/mol. The predicted octanol–water partition coefficient (Wildman–Crippen LogP) is 2.29. The van der Waals surface area contributed by atoms with Gasteiger partial charge in [0.05, 0.1) is 11.8 Å². The second-order valence-corrected chi connectivity index (χ2v) is 6.99. The van der Waals surface area contributed by atoms with E-state index in [9.17, 15) is 8.42 Å². The van der Waals surface area contributed by atoms with Crippen molar-refractivity contribution in [2.45, 2.75) is 32.2 Å². The second kappa shape index (κ2) is 5.92. The highest BCUT2D eigenvalue weighted by Gasteiger charge is 2.26. The molecule has 0 saturated heterocycles. The van der Waals surface area contributed by atoms with Gasteiger partial charge in [0.2, 0.25) is 10.0 Å².